The molecule has 1 atom stereocenters. The van der Waals surface area contributed by atoms with Gasteiger partial charge in [0.15, 0.2) is 5.82 Å². The molecule has 0 radical (unpaired) electrons. The van der Waals surface area contributed by atoms with Gasteiger partial charge >= 0.3 is 0 Å². The van der Waals surface area contributed by atoms with Crippen molar-refractivity contribution in [2.75, 3.05) is 17.8 Å². The molecular formula is C9H13BrN4O2S. The molecule has 1 aliphatic rings. The molecule has 0 amide bonds. The first-order valence-electron chi connectivity index (χ1n) is 5.28. The smallest absolute Gasteiger partial charge is 0.238 e. The number of halogens is 1. The van der Waals surface area contributed by atoms with Crippen LogP contribution in [0.3, 0.4) is 0 Å². The number of aromatic nitrogens is 2. The summed E-state index contributed by atoms with van der Waals surface area (Å²) >= 11 is 3.14. The molecule has 2 rings (SSSR count). The van der Waals surface area contributed by atoms with E-state index in [9.17, 15) is 8.42 Å². The third-order valence-electron chi connectivity index (χ3n) is 2.56. The molecule has 17 heavy (non-hydrogen) atoms. The molecule has 6 nitrogen and oxygen atoms in total. The largest absolute Gasteiger partial charge is 0.315 e. The van der Waals surface area contributed by atoms with Crippen LogP contribution >= 0.6 is 15.9 Å². The zero-order valence-corrected chi connectivity index (χ0v) is 11.5. The van der Waals surface area contributed by atoms with Crippen LogP contribution in [0, 0.1) is 0 Å². The Labute approximate surface area is 108 Å². The van der Waals surface area contributed by atoms with Crippen LogP contribution in [-0.2, 0) is 10.0 Å². The second kappa shape index (κ2) is 5.28. The highest BCUT2D eigenvalue weighted by Crippen LogP contribution is 2.15. The van der Waals surface area contributed by atoms with Gasteiger partial charge in [-0.05, 0) is 35.3 Å². The first-order chi connectivity index (χ1) is 8.08. The quantitative estimate of drug-likeness (QED) is 0.858. The van der Waals surface area contributed by atoms with Crippen molar-refractivity contribution in [3.8, 4) is 0 Å². The maximum Gasteiger partial charge on any atom is 0.238 e. The van der Waals surface area contributed by atoms with Crippen LogP contribution in [0.2, 0.25) is 0 Å². The summed E-state index contributed by atoms with van der Waals surface area (Å²) in [4.78, 5) is 7.86. The van der Waals surface area contributed by atoms with Crippen LogP contribution in [0.1, 0.15) is 12.8 Å². The van der Waals surface area contributed by atoms with Gasteiger partial charge in [-0.3, -0.25) is 4.72 Å². The Hall–Kier alpha value is -0.730. The van der Waals surface area contributed by atoms with Gasteiger partial charge < -0.3 is 5.32 Å². The summed E-state index contributed by atoms with van der Waals surface area (Å²) in [5.74, 6) is 0.249. The van der Waals surface area contributed by atoms with Gasteiger partial charge in [-0.15, -0.1) is 0 Å². The number of anilines is 1. The fourth-order valence-electron chi connectivity index (χ4n) is 1.68. The molecule has 2 heterocycles. The molecule has 0 aliphatic carbocycles. The van der Waals surface area contributed by atoms with Crippen molar-refractivity contribution in [2.24, 2.45) is 0 Å². The topological polar surface area (TPSA) is 84.0 Å². The van der Waals surface area contributed by atoms with E-state index in [4.69, 9.17) is 0 Å². The number of sulfonamides is 1. The standard InChI is InChI=1S/C9H13BrN4O2S/c10-8-5-13-9(6-12-8)14-17(15,16)7-2-1-3-11-4-7/h5-7,11H,1-4H2,(H,13,14). The Morgan fingerprint density at radius 1 is 1.41 bits per heavy atom. The molecule has 1 aromatic heterocycles. The molecule has 1 fully saturated rings. The molecule has 1 aromatic rings. The SMILES string of the molecule is O=S(=O)(Nc1cnc(Br)cn1)C1CCCNC1. The first-order valence-corrected chi connectivity index (χ1v) is 7.62. The molecule has 8 heteroatoms. The van der Waals surface area contributed by atoms with Gasteiger partial charge in [0.2, 0.25) is 10.0 Å². The number of piperidine rings is 1. The molecule has 0 spiro atoms. The summed E-state index contributed by atoms with van der Waals surface area (Å²) < 4.78 is 27.0. The van der Waals surface area contributed by atoms with Crippen LogP contribution in [0.5, 0.6) is 0 Å². The van der Waals surface area contributed by atoms with Crippen molar-refractivity contribution >= 4 is 31.8 Å². The Kier molecular flexibility index (Phi) is 3.95. The predicted molar refractivity (Wildman–Crippen MR) is 68.2 cm³/mol. The van der Waals surface area contributed by atoms with E-state index in [-0.39, 0.29) is 5.82 Å². The Morgan fingerprint density at radius 3 is 2.82 bits per heavy atom. The van der Waals surface area contributed by atoms with E-state index in [1.54, 1.807) is 0 Å². The summed E-state index contributed by atoms with van der Waals surface area (Å²) in [5, 5.41) is 2.67. The molecule has 2 N–H and O–H groups in total. The lowest BCUT2D eigenvalue weighted by Gasteiger charge is -2.22. The highest BCUT2D eigenvalue weighted by molar-refractivity contribution is 9.10. The van der Waals surface area contributed by atoms with E-state index in [1.807, 2.05) is 0 Å². The number of hydrogen-bond acceptors (Lipinski definition) is 5. The van der Waals surface area contributed by atoms with Crippen LogP contribution in [-0.4, -0.2) is 36.7 Å². The van der Waals surface area contributed by atoms with Gasteiger partial charge in [-0.2, -0.15) is 0 Å². The second-order valence-corrected chi connectivity index (χ2v) is 6.61. The van der Waals surface area contributed by atoms with Crippen LogP contribution < -0.4 is 10.0 Å². The average molecular weight is 321 g/mol. The highest BCUT2D eigenvalue weighted by atomic mass is 79.9. The zero-order valence-electron chi connectivity index (χ0n) is 9.06. The summed E-state index contributed by atoms with van der Waals surface area (Å²) in [5.41, 5.74) is 0. The fraction of sp³-hybridized carbons (Fsp3) is 0.556. The van der Waals surface area contributed by atoms with Crippen molar-refractivity contribution in [1.82, 2.24) is 15.3 Å². The lowest BCUT2D eigenvalue weighted by atomic mass is 10.2. The van der Waals surface area contributed by atoms with Crippen molar-refractivity contribution in [3.05, 3.63) is 17.0 Å². The monoisotopic (exact) mass is 320 g/mol. The lowest BCUT2D eigenvalue weighted by molar-refractivity contribution is 0.499. The van der Waals surface area contributed by atoms with Gasteiger partial charge in [-0.25, -0.2) is 18.4 Å². The van der Waals surface area contributed by atoms with Crippen LogP contribution in [0.25, 0.3) is 0 Å². The maximum absolute atomic E-state index is 12.0. The molecular weight excluding hydrogens is 308 g/mol. The second-order valence-electron chi connectivity index (χ2n) is 3.84. The normalized spacial score (nSPS) is 21.1. The lowest BCUT2D eigenvalue weighted by Crippen LogP contribution is -2.41. The van der Waals surface area contributed by atoms with Crippen molar-refractivity contribution in [3.63, 3.8) is 0 Å². The highest BCUT2D eigenvalue weighted by Gasteiger charge is 2.27. The molecule has 1 aliphatic heterocycles. The summed E-state index contributed by atoms with van der Waals surface area (Å²) in [7, 11) is -3.38. The van der Waals surface area contributed by atoms with E-state index in [2.05, 4.69) is 35.9 Å². The van der Waals surface area contributed by atoms with E-state index >= 15 is 0 Å². The van der Waals surface area contributed by atoms with E-state index in [0.717, 1.165) is 13.0 Å². The van der Waals surface area contributed by atoms with Crippen molar-refractivity contribution in [2.45, 2.75) is 18.1 Å². The molecule has 0 aromatic carbocycles. The number of rotatable bonds is 3. The summed E-state index contributed by atoms with van der Waals surface area (Å²) in [6.07, 6.45) is 4.39. The third kappa shape index (κ3) is 3.36. The predicted octanol–water partition coefficient (Wildman–Crippen LogP) is 0.733. The van der Waals surface area contributed by atoms with Gasteiger partial charge in [0.1, 0.15) is 4.60 Å². The number of nitrogens with one attached hydrogen (secondary N) is 2. The average Bonchev–Trinajstić information content (AvgIpc) is 2.33. The molecule has 0 saturated carbocycles. The van der Waals surface area contributed by atoms with E-state index in [0.29, 0.717) is 17.6 Å². The molecule has 1 unspecified atom stereocenters. The third-order valence-corrected chi connectivity index (χ3v) is 4.74. The summed E-state index contributed by atoms with van der Waals surface area (Å²) in [6.45, 7) is 1.36. The van der Waals surface area contributed by atoms with Gasteiger partial charge in [0.25, 0.3) is 0 Å². The number of nitrogens with zero attached hydrogens (tertiary/aromatic N) is 2. The molecule has 94 valence electrons. The Bertz CT molecular complexity index is 470. The van der Waals surface area contributed by atoms with Crippen molar-refractivity contribution in [1.29, 1.82) is 0 Å². The van der Waals surface area contributed by atoms with Crippen LogP contribution in [0.4, 0.5) is 5.82 Å². The molecule has 1 saturated heterocycles. The Morgan fingerprint density at radius 2 is 2.24 bits per heavy atom. The molecule has 0 bridgehead atoms. The maximum atomic E-state index is 12.0. The fourth-order valence-corrected chi connectivity index (χ4v) is 3.26. The van der Waals surface area contributed by atoms with Crippen LogP contribution in [0.15, 0.2) is 17.0 Å². The number of hydrogen-bond donors (Lipinski definition) is 2. The minimum Gasteiger partial charge on any atom is -0.315 e. The summed E-state index contributed by atoms with van der Waals surface area (Å²) in [6, 6.07) is 0. The Balaban J connectivity index is 2.08. The van der Waals surface area contributed by atoms with Gasteiger partial charge in [0.05, 0.1) is 17.6 Å². The van der Waals surface area contributed by atoms with Gasteiger partial charge in [0, 0.05) is 6.54 Å². The van der Waals surface area contributed by atoms with E-state index < -0.39 is 15.3 Å². The van der Waals surface area contributed by atoms with Crippen molar-refractivity contribution < 1.29 is 8.42 Å². The van der Waals surface area contributed by atoms with E-state index in [1.165, 1.54) is 12.4 Å². The minimum atomic E-state index is -3.38. The first kappa shape index (κ1) is 12.7. The zero-order chi connectivity index (χ0) is 12.3. The van der Waals surface area contributed by atoms with Gasteiger partial charge in [-0.1, -0.05) is 0 Å². The minimum absolute atomic E-state index is 0.249.